The van der Waals surface area contributed by atoms with Crippen molar-refractivity contribution in [2.24, 2.45) is 0 Å². The third-order valence-electron chi connectivity index (χ3n) is 1.99. The first kappa shape index (κ1) is 14.7. The molecule has 0 fully saturated rings. The fraction of sp³-hybridized carbons (Fsp3) is 0.364. The van der Waals surface area contributed by atoms with Crippen LogP contribution in [0.1, 0.15) is 10.4 Å². The van der Waals surface area contributed by atoms with E-state index in [2.05, 4.69) is 10.6 Å². The lowest BCUT2D eigenvalue weighted by Crippen LogP contribution is -2.30. The van der Waals surface area contributed by atoms with Crippen molar-refractivity contribution in [2.45, 2.75) is 0 Å². The Morgan fingerprint density at radius 3 is 2.75 bits per heavy atom. The molecular weight excluding hydrogens is 228 g/mol. The summed E-state index contributed by atoms with van der Waals surface area (Å²) in [5.74, 6) is 0.611. The molecule has 0 spiro atoms. The minimum Gasteiger partial charge on any atom is -0.497 e. The van der Waals surface area contributed by atoms with Gasteiger partial charge in [0.2, 0.25) is 0 Å². The van der Waals surface area contributed by atoms with Gasteiger partial charge in [0.05, 0.1) is 7.11 Å². The molecule has 90 valence electrons. The lowest BCUT2D eigenvalue weighted by Gasteiger charge is -2.06. The van der Waals surface area contributed by atoms with Crippen molar-refractivity contribution in [1.82, 2.24) is 10.6 Å². The van der Waals surface area contributed by atoms with Gasteiger partial charge in [0, 0.05) is 18.7 Å². The molecule has 16 heavy (non-hydrogen) atoms. The standard InChI is InChI=1S/C11H16N2O2.ClH/c1-12-6-7-13-11(14)9-4-3-5-10(8-9)15-2;/h3-5,8,12H,6-7H2,1-2H3,(H,13,14);1H. The highest BCUT2D eigenvalue weighted by Gasteiger charge is 2.04. The Kier molecular flexibility index (Phi) is 7.33. The van der Waals surface area contributed by atoms with Gasteiger partial charge in [-0.1, -0.05) is 6.07 Å². The molecule has 4 nitrogen and oxygen atoms in total. The Hall–Kier alpha value is -1.26. The lowest BCUT2D eigenvalue weighted by atomic mass is 10.2. The third kappa shape index (κ3) is 4.51. The number of hydrogen-bond donors (Lipinski definition) is 2. The van der Waals surface area contributed by atoms with E-state index in [0.717, 1.165) is 6.54 Å². The van der Waals surface area contributed by atoms with Crippen LogP contribution < -0.4 is 15.4 Å². The van der Waals surface area contributed by atoms with Crippen molar-refractivity contribution in [3.05, 3.63) is 29.8 Å². The number of likely N-dealkylation sites (N-methyl/N-ethyl adjacent to an activating group) is 1. The van der Waals surface area contributed by atoms with Gasteiger partial charge in [-0.2, -0.15) is 0 Å². The molecule has 1 amide bonds. The minimum absolute atomic E-state index is 0. The SMILES string of the molecule is CNCCNC(=O)c1cccc(OC)c1.Cl. The van der Waals surface area contributed by atoms with Crippen LogP contribution in [0.15, 0.2) is 24.3 Å². The number of benzene rings is 1. The molecule has 1 aromatic rings. The van der Waals surface area contributed by atoms with E-state index in [0.29, 0.717) is 17.9 Å². The van der Waals surface area contributed by atoms with Gasteiger partial charge < -0.3 is 15.4 Å². The van der Waals surface area contributed by atoms with Crippen molar-refractivity contribution in [2.75, 3.05) is 27.2 Å². The largest absolute Gasteiger partial charge is 0.497 e. The Bertz CT molecular complexity index is 332. The maximum Gasteiger partial charge on any atom is 0.251 e. The number of amides is 1. The maximum absolute atomic E-state index is 11.6. The van der Waals surface area contributed by atoms with E-state index in [1.807, 2.05) is 13.1 Å². The molecule has 0 aliphatic rings. The van der Waals surface area contributed by atoms with Crippen molar-refractivity contribution < 1.29 is 9.53 Å². The highest BCUT2D eigenvalue weighted by atomic mass is 35.5. The fourth-order valence-corrected chi connectivity index (χ4v) is 1.17. The van der Waals surface area contributed by atoms with Crippen molar-refractivity contribution in [1.29, 1.82) is 0 Å². The number of rotatable bonds is 5. The zero-order chi connectivity index (χ0) is 11.1. The highest BCUT2D eigenvalue weighted by Crippen LogP contribution is 2.11. The quantitative estimate of drug-likeness (QED) is 0.762. The Morgan fingerprint density at radius 1 is 1.38 bits per heavy atom. The Balaban J connectivity index is 0.00000225. The number of methoxy groups -OCH3 is 1. The molecule has 0 atom stereocenters. The first-order valence-corrected chi connectivity index (χ1v) is 4.84. The molecule has 0 heterocycles. The molecule has 0 aliphatic carbocycles. The zero-order valence-electron chi connectivity index (χ0n) is 9.45. The van der Waals surface area contributed by atoms with Crippen LogP contribution in [0.4, 0.5) is 0 Å². The van der Waals surface area contributed by atoms with Gasteiger partial charge in [-0.15, -0.1) is 12.4 Å². The summed E-state index contributed by atoms with van der Waals surface area (Å²) in [4.78, 5) is 11.6. The van der Waals surface area contributed by atoms with Crippen LogP contribution in [0, 0.1) is 0 Å². The van der Waals surface area contributed by atoms with Gasteiger partial charge in [0.15, 0.2) is 0 Å². The second-order valence-corrected chi connectivity index (χ2v) is 3.09. The predicted molar refractivity (Wildman–Crippen MR) is 66.5 cm³/mol. The summed E-state index contributed by atoms with van der Waals surface area (Å²) in [7, 11) is 3.43. The van der Waals surface area contributed by atoms with Gasteiger partial charge in [-0.25, -0.2) is 0 Å². The molecule has 5 heteroatoms. The lowest BCUT2D eigenvalue weighted by molar-refractivity contribution is 0.0954. The van der Waals surface area contributed by atoms with Crippen LogP contribution in [0.2, 0.25) is 0 Å². The second-order valence-electron chi connectivity index (χ2n) is 3.09. The number of ether oxygens (including phenoxy) is 1. The maximum atomic E-state index is 11.6. The monoisotopic (exact) mass is 244 g/mol. The van der Waals surface area contributed by atoms with Gasteiger partial charge in [-0.05, 0) is 25.2 Å². The van der Waals surface area contributed by atoms with E-state index in [1.165, 1.54) is 0 Å². The Morgan fingerprint density at radius 2 is 2.12 bits per heavy atom. The first-order valence-electron chi connectivity index (χ1n) is 4.84. The van der Waals surface area contributed by atoms with E-state index in [1.54, 1.807) is 25.3 Å². The summed E-state index contributed by atoms with van der Waals surface area (Å²) in [5, 5.41) is 5.75. The number of hydrogen-bond acceptors (Lipinski definition) is 3. The fourth-order valence-electron chi connectivity index (χ4n) is 1.17. The summed E-state index contributed by atoms with van der Waals surface area (Å²) in [6.07, 6.45) is 0. The van der Waals surface area contributed by atoms with E-state index in [-0.39, 0.29) is 18.3 Å². The van der Waals surface area contributed by atoms with Gasteiger partial charge >= 0.3 is 0 Å². The smallest absolute Gasteiger partial charge is 0.251 e. The van der Waals surface area contributed by atoms with Gasteiger partial charge in [0.1, 0.15) is 5.75 Å². The topological polar surface area (TPSA) is 50.4 Å². The third-order valence-corrected chi connectivity index (χ3v) is 1.99. The normalized spacial score (nSPS) is 9.12. The number of nitrogens with one attached hydrogen (secondary N) is 2. The molecular formula is C11H17ClN2O2. The molecule has 0 radical (unpaired) electrons. The molecule has 0 unspecified atom stereocenters. The number of carbonyl (C=O) groups is 1. The summed E-state index contributed by atoms with van der Waals surface area (Å²) < 4.78 is 5.04. The molecule has 0 aromatic heterocycles. The molecule has 0 bridgehead atoms. The predicted octanol–water partition coefficient (Wildman–Crippen LogP) is 1.07. The summed E-state index contributed by atoms with van der Waals surface area (Å²) >= 11 is 0. The van der Waals surface area contributed by atoms with Crippen molar-refractivity contribution in [3.8, 4) is 5.75 Å². The van der Waals surface area contributed by atoms with Crippen LogP contribution in [0.25, 0.3) is 0 Å². The van der Waals surface area contributed by atoms with Crippen LogP contribution >= 0.6 is 12.4 Å². The number of halogens is 1. The van der Waals surface area contributed by atoms with Gasteiger partial charge in [0.25, 0.3) is 5.91 Å². The van der Waals surface area contributed by atoms with Crippen molar-refractivity contribution >= 4 is 18.3 Å². The van der Waals surface area contributed by atoms with Gasteiger partial charge in [-0.3, -0.25) is 4.79 Å². The molecule has 0 saturated heterocycles. The molecule has 0 aliphatic heterocycles. The van der Waals surface area contributed by atoms with Crippen LogP contribution in [-0.4, -0.2) is 33.2 Å². The van der Waals surface area contributed by atoms with Crippen LogP contribution in [-0.2, 0) is 0 Å². The second kappa shape index (κ2) is 7.96. The van der Waals surface area contributed by atoms with E-state index >= 15 is 0 Å². The van der Waals surface area contributed by atoms with Crippen LogP contribution in [0.3, 0.4) is 0 Å². The van der Waals surface area contributed by atoms with E-state index < -0.39 is 0 Å². The van der Waals surface area contributed by atoms with E-state index in [9.17, 15) is 4.79 Å². The first-order chi connectivity index (χ1) is 7.27. The van der Waals surface area contributed by atoms with Crippen LogP contribution in [0.5, 0.6) is 5.75 Å². The highest BCUT2D eigenvalue weighted by molar-refractivity contribution is 5.94. The molecule has 0 saturated carbocycles. The molecule has 1 aromatic carbocycles. The Labute approximate surface area is 102 Å². The average Bonchev–Trinajstić information content (AvgIpc) is 2.29. The summed E-state index contributed by atoms with van der Waals surface area (Å²) in [5.41, 5.74) is 0.616. The summed E-state index contributed by atoms with van der Waals surface area (Å²) in [6, 6.07) is 7.09. The zero-order valence-corrected chi connectivity index (χ0v) is 10.3. The number of carbonyl (C=O) groups excluding carboxylic acids is 1. The average molecular weight is 245 g/mol. The molecule has 1 rings (SSSR count). The summed E-state index contributed by atoms with van der Waals surface area (Å²) in [6.45, 7) is 1.38. The minimum atomic E-state index is -0.0795. The van der Waals surface area contributed by atoms with E-state index in [4.69, 9.17) is 4.74 Å². The van der Waals surface area contributed by atoms with Crippen molar-refractivity contribution in [3.63, 3.8) is 0 Å². The molecule has 2 N–H and O–H groups in total.